The summed E-state index contributed by atoms with van der Waals surface area (Å²) in [7, 11) is 1.41. The molecule has 0 unspecified atom stereocenters. The van der Waals surface area contributed by atoms with Crippen LogP contribution in [0.5, 0.6) is 0 Å². The van der Waals surface area contributed by atoms with E-state index in [4.69, 9.17) is 16.7 Å². The van der Waals surface area contributed by atoms with Gasteiger partial charge in [-0.2, -0.15) is 18.3 Å². The third-order valence-electron chi connectivity index (χ3n) is 6.86. The molecule has 4 heterocycles. The average Bonchev–Trinajstić information content (AvgIpc) is 3.56. The molecule has 3 amide bonds. The van der Waals surface area contributed by atoms with Crippen molar-refractivity contribution >= 4 is 35.2 Å². The molecule has 0 saturated carbocycles. The zero-order valence-electron chi connectivity index (χ0n) is 22.5. The minimum Gasteiger partial charge on any atom is -0.465 e. The normalized spacial score (nSPS) is 13.7. The van der Waals surface area contributed by atoms with Crippen molar-refractivity contribution in [3.8, 4) is 11.3 Å². The number of anilines is 1. The van der Waals surface area contributed by atoms with Crippen molar-refractivity contribution in [2.45, 2.75) is 12.7 Å². The predicted octanol–water partition coefficient (Wildman–Crippen LogP) is 4.09. The number of carboxylic acid groups (broad SMARTS) is 1. The summed E-state index contributed by atoms with van der Waals surface area (Å²) in [6, 6.07) is 7.64. The number of carbonyl (C=O) groups excluding carboxylic acids is 2. The molecule has 1 aliphatic heterocycles. The van der Waals surface area contributed by atoms with Crippen LogP contribution >= 0.6 is 11.6 Å². The Labute approximate surface area is 247 Å². The zero-order chi connectivity index (χ0) is 30.9. The Morgan fingerprint density at radius 2 is 1.79 bits per heavy atom. The second kappa shape index (κ2) is 11.8. The van der Waals surface area contributed by atoms with E-state index in [9.17, 15) is 27.6 Å². The number of halogens is 4. The third-order valence-corrected chi connectivity index (χ3v) is 7.17. The van der Waals surface area contributed by atoms with Gasteiger partial charge in [-0.25, -0.2) is 9.78 Å². The fraction of sp³-hybridized carbons (Fsp3) is 0.259. The van der Waals surface area contributed by atoms with Crippen LogP contribution in [-0.2, 0) is 19.8 Å². The van der Waals surface area contributed by atoms with Crippen LogP contribution in [0.4, 0.5) is 23.7 Å². The fourth-order valence-corrected chi connectivity index (χ4v) is 4.93. The number of rotatable bonds is 6. The van der Waals surface area contributed by atoms with E-state index < -0.39 is 23.9 Å². The van der Waals surface area contributed by atoms with Gasteiger partial charge in [-0.05, 0) is 29.8 Å². The number of nitrogens with zero attached hydrogens (tertiary/aromatic N) is 7. The van der Waals surface area contributed by atoms with Gasteiger partial charge in [0.25, 0.3) is 11.8 Å². The van der Waals surface area contributed by atoms with Crippen LogP contribution in [0, 0.1) is 0 Å². The van der Waals surface area contributed by atoms with Crippen molar-refractivity contribution < 1.29 is 32.7 Å². The topological polar surface area (TPSA) is 138 Å². The number of hydrogen-bond acceptors (Lipinski definition) is 6. The van der Waals surface area contributed by atoms with Gasteiger partial charge in [0.1, 0.15) is 0 Å². The second-order valence-electron chi connectivity index (χ2n) is 9.68. The summed E-state index contributed by atoms with van der Waals surface area (Å²) < 4.78 is 44.1. The molecule has 0 atom stereocenters. The lowest BCUT2D eigenvalue weighted by atomic mass is 10.1. The number of imidazole rings is 1. The molecular weight excluding hydrogens is 593 g/mol. The van der Waals surface area contributed by atoms with E-state index in [0.29, 0.717) is 5.56 Å². The maximum absolute atomic E-state index is 13.9. The second-order valence-corrected chi connectivity index (χ2v) is 10.1. The van der Waals surface area contributed by atoms with Crippen LogP contribution in [0.2, 0.25) is 5.02 Å². The van der Waals surface area contributed by atoms with Gasteiger partial charge in [0.15, 0.2) is 11.5 Å². The van der Waals surface area contributed by atoms with Gasteiger partial charge in [-0.15, -0.1) is 0 Å². The molecule has 16 heteroatoms. The molecule has 1 fully saturated rings. The van der Waals surface area contributed by atoms with Crippen LogP contribution < -0.4 is 5.32 Å². The Hall–Kier alpha value is -4.92. The van der Waals surface area contributed by atoms with E-state index in [1.54, 1.807) is 18.3 Å². The minimum atomic E-state index is -4.76. The van der Waals surface area contributed by atoms with Gasteiger partial charge in [-0.3, -0.25) is 19.3 Å². The molecule has 0 bridgehead atoms. The molecule has 3 aromatic heterocycles. The van der Waals surface area contributed by atoms with Crippen molar-refractivity contribution in [1.29, 1.82) is 0 Å². The first-order valence-electron chi connectivity index (χ1n) is 12.9. The number of nitrogens with one attached hydrogen (secondary N) is 1. The Morgan fingerprint density at radius 3 is 2.42 bits per heavy atom. The van der Waals surface area contributed by atoms with Crippen molar-refractivity contribution in [2.24, 2.45) is 7.05 Å². The molecule has 5 rings (SSSR count). The van der Waals surface area contributed by atoms with E-state index in [1.807, 2.05) is 0 Å². The number of pyridine rings is 1. The summed E-state index contributed by atoms with van der Waals surface area (Å²) in [4.78, 5) is 47.8. The standard InChI is InChI=1S/C27H24ClF3N8O4/c1-36-21(19-15-39(35-22(19)27(29,30)31)14-16-3-2-6-32-12-16)13-33-23(36)24(40)34-17-4-5-18(20(28)11-17)25(41)37-7-9-38(10-8-37)26(42)43/h2-6,11-13,15H,7-10,14H2,1H3,(H,34,40)(H,42,43). The first-order chi connectivity index (χ1) is 20.4. The average molecular weight is 617 g/mol. The van der Waals surface area contributed by atoms with Gasteiger partial charge >= 0.3 is 12.3 Å². The Morgan fingerprint density at radius 1 is 1.07 bits per heavy atom. The molecule has 2 N–H and O–H groups in total. The molecule has 12 nitrogen and oxygen atoms in total. The van der Waals surface area contributed by atoms with Gasteiger partial charge in [0.2, 0.25) is 0 Å². The maximum Gasteiger partial charge on any atom is 0.435 e. The van der Waals surface area contributed by atoms with E-state index in [0.717, 1.165) is 10.9 Å². The van der Waals surface area contributed by atoms with Crippen molar-refractivity contribution in [2.75, 3.05) is 31.5 Å². The largest absolute Gasteiger partial charge is 0.465 e. The van der Waals surface area contributed by atoms with Crippen LogP contribution in [0.1, 0.15) is 32.2 Å². The number of alkyl halides is 3. The first kappa shape index (κ1) is 29.6. The lowest BCUT2D eigenvalue weighted by molar-refractivity contribution is -0.141. The van der Waals surface area contributed by atoms with Gasteiger partial charge < -0.3 is 24.8 Å². The molecule has 0 spiro atoms. The SMILES string of the molecule is Cn1c(-c2cn(Cc3cccnc3)nc2C(F)(F)F)cnc1C(=O)Nc1ccc(C(=O)N2CCN(C(=O)O)CC2)c(Cl)c1. The lowest BCUT2D eigenvalue weighted by Gasteiger charge is -2.33. The predicted molar refractivity (Wildman–Crippen MR) is 148 cm³/mol. The highest BCUT2D eigenvalue weighted by Gasteiger charge is 2.38. The number of aromatic nitrogens is 5. The molecule has 0 radical (unpaired) electrons. The van der Waals surface area contributed by atoms with Gasteiger partial charge in [0, 0.05) is 57.5 Å². The van der Waals surface area contributed by atoms with Gasteiger partial charge in [-0.1, -0.05) is 17.7 Å². The number of piperazine rings is 1. The summed E-state index contributed by atoms with van der Waals surface area (Å²) in [6.45, 7) is 0.822. The van der Waals surface area contributed by atoms with E-state index in [2.05, 4.69) is 20.4 Å². The molecule has 224 valence electrons. The van der Waals surface area contributed by atoms with E-state index in [1.165, 1.54) is 52.0 Å². The number of hydrogen-bond donors (Lipinski definition) is 2. The lowest BCUT2D eigenvalue weighted by Crippen LogP contribution is -2.50. The molecule has 1 aromatic carbocycles. The smallest absolute Gasteiger partial charge is 0.435 e. The highest BCUT2D eigenvalue weighted by atomic mass is 35.5. The highest BCUT2D eigenvalue weighted by Crippen LogP contribution is 2.36. The van der Waals surface area contributed by atoms with Gasteiger partial charge in [0.05, 0.1) is 34.6 Å². The third kappa shape index (κ3) is 6.30. The molecule has 1 aliphatic rings. The highest BCUT2D eigenvalue weighted by molar-refractivity contribution is 6.34. The van der Waals surface area contributed by atoms with Crippen LogP contribution in [0.3, 0.4) is 0 Å². The molecular formula is C27H24ClF3N8O4. The molecule has 0 aliphatic carbocycles. The Kier molecular flexibility index (Phi) is 8.08. The first-order valence-corrected chi connectivity index (χ1v) is 13.2. The molecule has 1 saturated heterocycles. The summed E-state index contributed by atoms with van der Waals surface area (Å²) in [5.74, 6) is -1.27. The monoisotopic (exact) mass is 616 g/mol. The number of carbonyl (C=O) groups is 3. The summed E-state index contributed by atoms with van der Waals surface area (Å²) in [5, 5.41) is 15.5. The van der Waals surface area contributed by atoms with Crippen molar-refractivity contribution in [3.63, 3.8) is 0 Å². The van der Waals surface area contributed by atoms with Crippen LogP contribution in [0.25, 0.3) is 11.3 Å². The van der Waals surface area contributed by atoms with Crippen molar-refractivity contribution in [1.82, 2.24) is 34.1 Å². The van der Waals surface area contributed by atoms with Crippen molar-refractivity contribution in [3.05, 3.63) is 82.8 Å². The maximum atomic E-state index is 13.9. The van der Waals surface area contributed by atoms with E-state index in [-0.39, 0.29) is 72.0 Å². The Bertz CT molecular complexity index is 1680. The summed E-state index contributed by atoms with van der Waals surface area (Å²) >= 11 is 6.34. The summed E-state index contributed by atoms with van der Waals surface area (Å²) in [6.07, 6.45) is -0.335. The number of benzene rings is 1. The van der Waals surface area contributed by atoms with Crippen LogP contribution in [0.15, 0.2) is 55.1 Å². The van der Waals surface area contributed by atoms with E-state index >= 15 is 0 Å². The Balaban J connectivity index is 1.32. The minimum absolute atomic E-state index is 0.0249. The molecule has 4 aromatic rings. The zero-order valence-corrected chi connectivity index (χ0v) is 23.3. The summed E-state index contributed by atoms with van der Waals surface area (Å²) in [5.41, 5.74) is -0.291. The van der Waals surface area contributed by atoms with Crippen LogP contribution in [-0.4, -0.2) is 83.3 Å². The quantitative estimate of drug-likeness (QED) is 0.333. The number of amides is 3. The fourth-order valence-electron chi connectivity index (χ4n) is 4.67. The molecule has 43 heavy (non-hydrogen) atoms.